The van der Waals surface area contributed by atoms with Crippen molar-refractivity contribution in [2.45, 2.75) is 244 Å². The standard InChI is InChI=1S/C44H85NO4/c1-3-5-7-9-11-13-15-17-19-21-23-24-26-28-30-32-34-36-38-42(47)44(49)41(40-46)45-43(48)39-37-35-33-31-29-27-25-22-20-18-16-14-12-10-8-6-4-2/h12,14,18,20,41-42,44,46-47,49H,3-11,13,15-17,19,21-40H2,1-2H3,(H,45,48)/b14-12-,20-18-. The Morgan fingerprint density at radius 3 is 1.33 bits per heavy atom. The summed E-state index contributed by atoms with van der Waals surface area (Å²) in [6.45, 7) is 4.16. The molecule has 3 unspecified atom stereocenters. The Hall–Kier alpha value is -1.17. The third-order valence-corrected chi connectivity index (χ3v) is 10.1. The number of aliphatic hydroxyl groups excluding tert-OH is 3. The minimum absolute atomic E-state index is 0.152. The average Bonchev–Trinajstić information content (AvgIpc) is 3.10. The number of carbonyl (C=O) groups is 1. The molecule has 5 heteroatoms. The Balaban J connectivity index is 3.64. The van der Waals surface area contributed by atoms with Crippen molar-refractivity contribution < 1.29 is 20.1 Å². The SMILES string of the molecule is CCCCC/C=C\C/C=C\CCCCCCCCCC(=O)NC(CO)C(O)C(O)CCCCCCCCCCCCCCCCCCCC. The quantitative estimate of drug-likeness (QED) is 0.0381. The van der Waals surface area contributed by atoms with E-state index in [1.165, 1.54) is 148 Å². The minimum Gasteiger partial charge on any atom is -0.394 e. The number of aliphatic hydroxyl groups is 3. The van der Waals surface area contributed by atoms with Gasteiger partial charge in [0.25, 0.3) is 0 Å². The van der Waals surface area contributed by atoms with Gasteiger partial charge in [0.1, 0.15) is 6.10 Å². The lowest BCUT2D eigenvalue weighted by Gasteiger charge is -2.26. The molecule has 0 aromatic rings. The highest BCUT2D eigenvalue weighted by molar-refractivity contribution is 5.76. The number of hydrogen-bond donors (Lipinski definition) is 4. The van der Waals surface area contributed by atoms with Crippen LogP contribution in [0.25, 0.3) is 0 Å². The second-order valence-corrected chi connectivity index (χ2v) is 14.9. The summed E-state index contributed by atoms with van der Waals surface area (Å²) in [4.78, 5) is 12.4. The van der Waals surface area contributed by atoms with Gasteiger partial charge < -0.3 is 20.6 Å². The first-order valence-electron chi connectivity index (χ1n) is 21.6. The van der Waals surface area contributed by atoms with E-state index in [0.29, 0.717) is 12.8 Å². The Kier molecular flexibility index (Phi) is 38.7. The molecule has 0 rings (SSSR count). The fourth-order valence-electron chi connectivity index (χ4n) is 6.66. The molecule has 0 aliphatic heterocycles. The molecule has 0 spiro atoms. The van der Waals surface area contributed by atoms with Crippen molar-refractivity contribution >= 4 is 5.91 Å². The summed E-state index contributed by atoms with van der Waals surface area (Å²) in [6.07, 6.45) is 47.0. The normalized spacial score (nSPS) is 13.8. The predicted octanol–water partition coefficient (Wildman–Crippen LogP) is 12.2. The van der Waals surface area contributed by atoms with Crippen molar-refractivity contribution in [3.63, 3.8) is 0 Å². The molecule has 0 heterocycles. The number of unbranched alkanes of at least 4 members (excludes halogenated alkanes) is 27. The van der Waals surface area contributed by atoms with Gasteiger partial charge >= 0.3 is 0 Å². The van der Waals surface area contributed by atoms with Gasteiger partial charge in [-0.2, -0.15) is 0 Å². The second kappa shape index (κ2) is 39.6. The first-order chi connectivity index (χ1) is 24.1. The number of carbonyl (C=O) groups excluding carboxylic acids is 1. The molecule has 0 fully saturated rings. The van der Waals surface area contributed by atoms with E-state index >= 15 is 0 Å². The summed E-state index contributed by atoms with van der Waals surface area (Å²) in [5.74, 6) is -0.152. The van der Waals surface area contributed by atoms with E-state index in [1.54, 1.807) is 0 Å². The maximum Gasteiger partial charge on any atom is 0.220 e. The van der Waals surface area contributed by atoms with Gasteiger partial charge in [-0.1, -0.05) is 199 Å². The summed E-state index contributed by atoms with van der Waals surface area (Å²) in [7, 11) is 0. The smallest absolute Gasteiger partial charge is 0.220 e. The van der Waals surface area contributed by atoms with E-state index in [1.807, 2.05) is 0 Å². The molecule has 0 aliphatic carbocycles. The first kappa shape index (κ1) is 47.8. The van der Waals surface area contributed by atoms with Crippen molar-refractivity contribution in [1.29, 1.82) is 0 Å². The van der Waals surface area contributed by atoms with E-state index < -0.39 is 18.2 Å². The summed E-state index contributed by atoms with van der Waals surface area (Å²) >= 11 is 0. The van der Waals surface area contributed by atoms with Crippen LogP contribution in [0.3, 0.4) is 0 Å². The maximum absolute atomic E-state index is 12.4. The molecule has 290 valence electrons. The molecule has 4 N–H and O–H groups in total. The van der Waals surface area contributed by atoms with Gasteiger partial charge in [0, 0.05) is 6.42 Å². The highest BCUT2D eigenvalue weighted by Crippen LogP contribution is 2.16. The molecule has 0 aromatic carbocycles. The van der Waals surface area contributed by atoms with Gasteiger partial charge in [-0.25, -0.2) is 0 Å². The summed E-state index contributed by atoms with van der Waals surface area (Å²) in [6, 6.07) is -0.811. The molecule has 1 amide bonds. The average molecular weight is 692 g/mol. The van der Waals surface area contributed by atoms with Gasteiger partial charge in [-0.15, -0.1) is 0 Å². The number of allylic oxidation sites excluding steroid dienone is 4. The second-order valence-electron chi connectivity index (χ2n) is 14.9. The molecule has 49 heavy (non-hydrogen) atoms. The first-order valence-corrected chi connectivity index (χ1v) is 21.6. The lowest BCUT2D eigenvalue weighted by atomic mass is 9.99. The van der Waals surface area contributed by atoms with E-state index in [2.05, 4.69) is 43.5 Å². The largest absolute Gasteiger partial charge is 0.394 e. The molecule has 0 aliphatic rings. The third kappa shape index (κ3) is 35.0. The van der Waals surface area contributed by atoms with Crippen LogP contribution in [-0.4, -0.2) is 46.1 Å². The fourth-order valence-corrected chi connectivity index (χ4v) is 6.66. The monoisotopic (exact) mass is 692 g/mol. The van der Waals surface area contributed by atoms with Crippen LogP contribution in [-0.2, 0) is 4.79 Å². The van der Waals surface area contributed by atoms with Crippen LogP contribution in [0.2, 0.25) is 0 Å². The summed E-state index contributed by atoms with van der Waals surface area (Å²) in [5.41, 5.74) is 0. The minimum atomic E-state index is -1.14. The van der Waals surface area contributed by atoms with Crippen molar-refractivity contribution in [1.82, 2.24) is 5.32 Å². The zero-order valence-electron chi connectivity index (χ0n) is 32.8. The molecular formula is C44H85NO4. The van der Waals surface area contributed by atoms with Crippen molar-refractivity contribution in [2.24, 2.45) is 0 Å². The van der Waals surface area contributed by atoms with E-state index in [9.17, 15) is 20.1 Å². The van der Waals surface area contributed by atoms with Crippen molar-refractivity contribution in [2.75, 3.05) is 6.61 Å². The fraction of sp³-hybridized carbons (Fsp3) is 0.886. The molecule has 0 saturated carbocycles. The van der Waals surface area contributed by atoms with Crippen LogP contribution in [0.1, 0.15) is 226 Å². The van der Waals surface area contributed by atoms with E-state index in [4.69, 9.17) is 0 Å². The Labute approximate surface area is 305 Å². The topological polar surface area (TPSA) is 89.8 Å². The van der Waals surface area contributed by atoms with Crippen LogP contribution < -0.4 is 5.32 Å². The predicted molar refractivity (Wildman–Crippen MR) is 213 cm³/mol. The Morgan fingerprint density at radius 1 is 0.510 bits per heavy atom. The highest BCUT2D eigenvalue weighted by Gasteiger charge is 2.26. The number of nitrogens with one attached hydrogen (secondary N) is 1. The van der Waals surface area contributed by atoms with Crippen LogP contribution in [0.4, 0.5) is 0 Å². The van der Waals surface area contributed by atoms with Gasteiger partial charge in [-0.3, -0.25) is 4.79 Å². The number of hydrogen-bond acceptors (Lipinski definition) is 4. The van der Waals surface area contributed by atoms with Crippen LogP contribution in [0, 0.1) is 0 Å². The molecule has 5 nitrogen and oxygen atoms in total. The highest BCUT2D eigenvalue weighted by atomic mass is 16.3. The van der Waals surface area contributed by atoms with Crippen LogP contribution in [0.15, 0.2) is 24.3 Å². The Bertz CT molecular complexity index is 724. The lowest BCUT2D eigenvalue weighted by molar-refractivity contribution is -0.124. The van der Waals surface area contributed by atoms with Gasteiger partial charge in [-0.05, 0) is 44.9 Å². The van der Waals surface area contributed by atoms with Crippen molar-refractivity contribution in [3.8, 4) is 0 Å². The van der Waals surface area contributed by atoms with Crippen molar-refractivity contribution in [3.05, 3.63) is 24.3 Å². The zero-order valence-corrected chi connectivity index (χ0v) is 32.8. The molecule has 0 saturated heterocycles. The van der Waals surface area contributed by atoms with Crippen LogP contribution >= 0.6 is 0 Å². The lowest BCUT2D eigenvalue weighted by Crippen LogP contribution is -2.50. The number of rotatable bonds is 39. The number of amides is 1. The Morgan fingerprint density at radius 2 is 0.878 bits per heavy atom. The van der Waals surface area contributed by atoms with Gasteiger partial charge in [0.2, 0.25) is 5.91 Å². The molecule has 0 aromatic heterocycles. The molecular weight excluding hydrogens is 606 g/mol. The van der Waals surface area contributed by atoms with Crippen LogP contribution in [0.5, 0.6) is 0 Å². The zero-order chi connectivity index (χ0) is 35.9. The van der Waals surface area contributed by atoms with Gasteiger partial charge in [0.05, 0.1) is 18.8 Å². The summed E-state index contributed by atoms with van der Waals surface area (Å²) < 4.78 is 0. The van der Waals surface area contributed by atoms with E-state index in [-0.39, 0.29) is 12.5 Å². The molecule has 3 atom stereocenters. The third-order valence-electron chi connectivity index (χ3n) is 10.1. The van der Waals surface area contributed by atoms with Gasteiger partial charge in [0.15, 0.2) is 0 Å². The summed E-state index contributed by atoms with van der Waals surface area (Å²) in [5, 5.41) is 33.5. The molecule has 0 radical (unpaired) electrons. The maximum atomic E-state index is 12.4. The van der Waals surface area contributed by atoms with E-state index in [0.717, 1.165) is 51.4 Å². The molecule has 0 bridgehead atoms.